The van der Waals surface area contributed by atoms with Crippen LogP contribution in [0.3, 0.4) is 0 Å². The van der Waals surface area contributed by atoms with E-state index < -0.39 is 12.0 Å². The van der Waals surface area contributed by atoms with Crippen molar-refractivity contribution >= 4 is 73.7 Å². The van der Waals surface area contributed by atoms with Crippen LogP contribution < -0.4 is 45.1 Å². The van der Waals surface area contributed by atoms with Gasteiger partial charge < -0.3 is 25.5 Å². The number of aliphatic carboxylic acids is 1. The Bertz CT molecular complexity index is 734. The van der Waals surface area contributed by atoms with Crippen LogP contribution in [0.5, 0.6) is 17.2 Å². The van der Waals surface area contributed by atoms with Crippen molar-refractivity contribution in [3.8, 4) is 17.2 Å². The SMILES string of the molecule is NC(Cc1cc(I)c(Oc2ccc(O)c(I)c2)c(I)c1)C(=O)[O-].[Na+]. The molecule has 0 saturated heterocycles. The number of carboxylic acid groups (broad SMARTS) is 1. The van der Waals surface area contributed by atoms with E-state index in [4.69, 9.17) is 10.5 Å². The number of hydrogen-bond acceptors (Lipinski definition) is 5. The Kier molecular flexibility index (Phi) is 9.57. The molecule has 2 aromatic carbocycles. The van der Waals surface area contributed by atoms with E-state index in [2.05, 4.69) is 45.2 Å². The van der Waals surface area contributed by atoms with Crippen LogP contribution in [0.1, 0.15) is 5.56 Å². The van der Waals surface area contributed by atoms with E-state index in [1.54, 1.807) is 18.2 Å². The quantitative estimate of drug-likeness (QED) is 0.334. The standard InChI is InChI=1S/C15H12I3NO4.Na/c16-9-6-8(1-2-13(9)20)23-14-10(17)3-7(4-11(14)18)5-12(19)15(21)22;/h1-4,6,12,20H,5,19H2,(H,21,22);/q;+1/p-1. The number of rotatable bonds is 5. The largest absolute Gasteiger partial charge is 1.00 e. The first-order valence-electron chi connectivity index (χ1n) is 6.38. The topological polar surface area (TPSA) is 95.6 Å². The summed E-state index contributed by atoms with van der Waals surface area (Å²) in [5.41, 5.74) is 6.33. The Balaban J connectivity index is 0.00000288. The molecule has 1 atom stereocenters. The summed E-state index contributed by atoms with van der Waals surface area (Å²) in [5.74, 6) is 0.226. The molecular formula is C15H11I3NNaO4. The van der Waals surface area contributed by atoms with Crippen molar-refractivity contribution in [2.24, 2.45) is 5.73 Å². The van der Waals surface area contributed by atoms with Gasteiger partial charge >= 0.3 is 29.6 Å². The first-order valence-corrected chi connectivity index (χ1v) is 9.62. The van der Waals surface area contributed by atoms with E-state index in [0.29, 0.717) is 15.1 Å². The monoisotopic (exact) mass is 673 g/mol. The van der Waals surface area contributed by atoms with Gasteiger partial charge in [0.25, 0.3) is 0 Å². The number of aromatic hydroxyl groups is 1. The summed E-state index contributed by atoms with van der Waals surface area (Å²) < 4.78 is 8.28. The molecule has 1 unspecified atom stereocenters. The molecule has 0 spiro atoms. The van der Waals surface area contributed by atoms with Crippen LogP contribution in [0, 0.1) is 10.7 Å². The molecule has 0 radical (unpaired) electrons. The number of phenolic OH excluding ortho intramolecular Hbond substituents is 1. The van der Waals surface area contributed by atoms with Gasteiger partial charge in [0.2, 0.25) is 0 Å². The summed E-state index contributed by atoms with van der Waals surface area (Å²) in [6.07, 6.45) is 0.200. The summed E-state index contributed by atoms with van der Waals surface area (Å²) in [6.45, 7) is 0. The van der Waals surface area contributed by atoms with Gasteiger partial charge in [-0.25, -0.2) is 0 Å². The summed E-state index contributed by atoms with van der Waals surface area (Å²) in [6, 6.07) is 7.64. The number of ether oxygens (including phenoxy) is 1. The second-order valence-corrected chi connectivity index (χ2v) is 8.22. The van der Waals surface area contributed by atoms with E-state index in [0.717, 1.165) is 12.7 Å². The average Bonchev–Trinajstić information content (AvgIpc) is 2.46. The van der Waals surface area contributed by atoms with E-state index in [1.807, 2.05) is 34.7 Å². The minimum absolute atomic E-state index is 0. The molecule has 9 heteroatoms. The number of carbonyl (C=O) groups excluding carboxylic acids is 1. The van der Waals surface area contributed by atoms with Crippen molar-refractivity contribution in [3.05, 3.63) is 46.6 Å². The van der Waals surface area contributed by atoms with Crippen molar-refractivity contribution in [2.45, 2.75) is 12.5 Å². The summed E-state index contributed by atoms with van der Waals surface area (Å²) in [7, 11) is 0. The van der Waals surface area contributed by atoms with Crippen LogP contribution in [0.25, 0.3) is 0 Å². The maximum atomic E-state index is 10.8. The Labute approximate surface area is 202 Å². The van der Waals surface area contributed by atoms with Gasteiger partial charge in [0.15, 0.2) is 5.75 Å². The van der Waals surface area contributed by atoms with Gasteiger partial charge in [-0.3, -0.25) is 0 Å². The van der Waals surface area contributed by atoms with Gasteiger partial charge in [-0.1, -0.05) is 0 Å². The molecule has 3 N–H and O–H groups in total. The fraction of sp³-hybridized carbons (Fsp3) is 0.133. The van der Waals surface area contributed by atoms with E-state index >= 15 is 0 Å². The molecule has 2 rings (SSSR count). The third-order valence-corrected chi connectivity index (χ3v) is 5.42. The second kappa shape index (κ2) is 10.1. The number of phenols is 1. The second-order valence-electron chi connectivity index (χ2n) is 4.73. The maximum absolute atomic E-state index is 10.8. The molecule has 24 heavy (non-hydrogen) atoms. The van der Waals surface area contributed by atoms with Crippen molar-refractivity contribution in [1.29, 1.82) is 0 Å². The van der Waals surface area contributed by atoms with Crippen LogP contribution in [0.4, 0.5) is 0 Å². The number of hydrogen-bond donors (Lipinski definition) is 2. The molecular weight excluding hydrogens is 662 g/mol. The molecule has 0 fully saturated rings. The van der Waals surface area contributed by atoms with Crippen LogP contribution in [0.15, 0.2) is 30.3 Å². The maximum Gasteiger partial charge on any atom is 1.00 e. The zero-order chi connectivity index (χ0) is 17.1. The summed E-state index contributed by atoms with van der Waals surface area (Å²) in [4.78, 5) is 10.8. The average molecular weight is 673 g/mol. The van der Waals surface area contributed by atoms with Gasteiger partial charge in [0.1, 0.15) is 11.5 Å². The predicted octanol–water partition coefficient (Wildman–Crippen LogP) is -0.378. The van der Waals surface area contributed by atoms with Crippen LogP contribution in [-0.4, -0.2) is 17.1 Å². The summed E-state index contributed by atoms with van der Waals surface area (Å²) in [5, 5.41) is 20.3. The molecule has 0 heterocycles. The number of carbonyl (C=O) groups is 1. The molecule has 0 bridgehead atoms. The normalized spacial score (nSPS) is 11.5. The Morgan fingerprint density at radius 3 is 2.25 bits per heavy atom. The van der Waals surface area contributed by atoms with Gasteiger partial charge in [-0.15, -0.1) is 0 Å². The van der Waals surface area contributed by atoms with Gasteiger partial charge in [-0.05, 0) is 110 Å². The van der Waals surface area contributed by atoms with Crippen LogP contribution in [-0.2, 0) is 11.2 Å². The van der Waals surface area contributed by atoms with E-state index in [-0.39, 0.29) is 41.7 Å². The number of nitrogens with two attached hydrogens (primary N) is 1. The van der Waals surface area contributed by atoms with Crippen LogP contribution in [0.2, 0.25) is 0 Å². The predicted molar refractivity (Wildman–Crippen MR) is 109 cm³/mol. The Hall–Kier alpha value is 0.660. The first kappa shape index (κ1) is 22.7. The molecule has 0 aliphatic heterocycles. The first-order chi connectivity index (χ1) is 10.8. The van der Waals surface area contributed by atoms with Crippen molar-refractivity contribution in [3.63, 3.8) is 0 Å². The number of halogens is 3. The van der Waals surface area contributed by atoms with Gasteiger partial charge in [0, 0.05) is 6.04 Å². The van der Waals surface area contributed by atoms with E-state index in [1.165, 1.54) is 0 Å². The van der Waals surface area contributed by atoms with Gasteiger partial charge in [0.05, 0.1) is 16.7 Å². The fourth-order valence-corrected chi connectivity index (χ4v) is 4.44. The van der Waals surface area contributed by atoms with Crippen LogP contribution >= 0.6 is 67.8 Å². The molecule has 122 valence electrons. The van der Waals surface area contributed by atoms with Gasteiger partial charge in [-0.2, -0.15) is 0 Å². The zero-order valence-corrected chi connectivity index (χ0v) is 21.0. The van der Waals surface area contributed by atoms with Crippen molar-refractivity contribution in [2.75, 3.05) is 0 Å². The molecule has 0 amide bonds. The molecule has 0 saturated carbocycles. The molecule has 5 nitrogen and oxygen atoms in total. The number of benzene rings is 2. The minimum Gasteiger partial charge on any atom is -0.548 e. The summed E-state index contributed by atoms with van der Waals surface area (Å²) >= 11 is 6.29. The molecule has 2 aromatic rings. The minimum atomic E-state index is -1.27. The van der Waals surface area contributed by atoms with Crippen molar-refractivity contribution in [1.82, 2.24) is 0 Å². The third-order valence-electron chi connectivity index (χ3n) is 2.96. The molecule has 0 aliphatic carbocycles. The van der Waals surface area contributed by atoms with Crippen molar-refractivity contribution < 1.29 is 49.3 Å². The Morgan fingerprint density at radius 2 is 1.75 bits per heavy atom. The smallest absolute Gasteiger partial charge is 0.548 e. The third kappa shape index (κ3) is 6.13. The van der Waals surface area contributed by atoms with E-state index in [9.17, 15) is 15.0 Å². The zero-order valence-electron chi connectivity index (χ0n) is 12.6. The molecule has 0 aromatic heterocycles. The molecule has 0 aliphatic rings. The Morgan fingerprint density at radius 1 is 1.17 bits per heavy atom. The number of carboxylic acids is 1. The fourth-order valence-electron chi connectivity index (χ4n) is 1.83.